The lowest BCUT2D eigenvalue weighted by Crippen LogP contribution is -2.09. The molecule has 0 fully saturated rings. The fourth-order valence-corrected chi connectivity index (χ4v) is 2.73. The van der Waals surface area contributed by atoms with E-state index >= 15 is 0 Å². The van der Waals surface area contributed by atoms with Crippen molar-refractivity contribution in [2.45, 2.75) is 64.7 Å². The smallest absolute Gasteiger partial charge is 0.0462 e. The summed E-state index contributed by atoms with van der Waals surface area (Å²) in [6, 6.07) is 7.99. The van der Waals surface area contributed by atoms with Crippen molar-refractivity contribution in [2.75, 3.05) is 6.61 Å². The molecular formula is C18H29ClO. The number of hydrogen-bond acceptors (Lipinski definition) is 1. The Bertz CT molecular complexity index is 334. The standard InChI is InChI=1S/C18H29ClO/c1-2-3-4-5-6-7-8-9-17(15-20)14-16-10-12-18(19)13-11-16/h10-13,17,20H,2-9,14-15H2,1H3. The third kappa shape index (κ3) is 7.91. The number of aliphatic hydroxyl groups excluding tert-OH is 1. The highest BCUT2D eigenvalue weighted by molar-refractivity contribution is 6.30. The van der Waals surface area contributed by atoms with E-state index in [2.05, 4.69) is 19.1 Å². The van der Waals surface area contributed by atoms with E-state index in [4.69, 9.17) is 11.6 Å². The van der Waals surface area contributed by atoms with Gasteiger partial charge in [0.05, 0.1) is 0 Å². The normalized spacial score (nSPS) is 12.6. The average molecular weight is 297 g/mol. The molecule has 0 saturated heterocycles. The maximum Gasteiger partial charge on any atom is 0.0462 e. The summed E-state index contributed by atoms with van der Waals surface area (Å²) in [4.78, 5) is 0. The van der Waals surface area contributed by atoms with Crippen molar-refractivity contribution in [3.63, 3.8) is 0 Å². The SMILES string of the molecule is CCCCCCCCCC(CO)Cc1ccc(Cl)cc1. The van der Waals surface area contributed by atoms with Gasteiger partial charge in [0.15, 0.2) is 0 Å². The molecule has 1 aromatic carbocycles. The van der Waals surface area contributed by atoms with Crippen molar-refractivity contribution in [3.05, 3.63) is 34.9 Å². The van der Waals surface area contributed by atoms with Crippen LogP contribution >= 0.6 is 11.6 Å². The lowest BCUT2D eigenvalue weighted by Gasteiger charge is -2.14. The number of rotatable bonds is 11. The summed E-state index contributed by atoms with van der Waals surface area (Å²) in [5.41, 5.74) is 1.27. The molecule has 0 aliphatic rings. The molecule has 0 spiro atoms. The molecule has 0 heterocycles. The van der Waals surface area contributed by atoms with Gasteiger partial charge in [0.1, 0.15) is 0 Å². The zero-order chi connectivity index (χ0) is 14.6. The third-order valence-electron chi connectivity index (χ3n) is 3.91. The van der Waals surface area contributed by atoms with Crippen molar-refractivity contribution in [1.29, 1.82) is 0 Å². The van der Waals surface area contributed by atoms with Crippen LogP contribution < -0.4 is 0 Å². The summed E-state index contributed by atoms with van der Waals surface area (Å²) >= 11 is 5.89. The molecule has 1 aromatic rings. The molecule has 114 valence electrons. The highest BCUT2D eigenvalue weighted by Gasteiger charge is 2.08. The Balaban J connectivity index is 2.14. The quantitative estimate of drug-likeness (QED) is 0.525. The Labute approximate surface area is 129 Å². The number of aliphatic hydroxyl groups is 1. The maximum atomic E-state index is 9.49. The van der Waals surface area contributed by atoms with Crippen LogP contribution in [-0.4, -0.2) is 11.7 Å². The Kier molecular flexibility index (Phi) is 9.78. The lowest BCUT2D eigenvalue weighted by atomic mass is 9.94. The first-order valence-corrected chi connectivity index (χ1v) is 8.49. The molecule has 0 aliphatic heterocycles. The fraction of sp³-hybridized carbons (Fsp3) is 0.667. The molecule has 0 bridgehead atoms. The van der Waals surface area contributed by atoms with Crippen LogP contribution in [0.3, 0.4) is 0 Å². The Morgan fingerprint density at radius 2 is 1.55 bits per heavy atom. The van der Waals surface area contributed by atoms with E-state index in [0.29, 0.717) is 12.5 Å². The van der Waals surface area contributed by atoms with E-state index in [0.717, 1.165) is 17.9 Å². The Hall–Kier alpha value is -0.530. The number of unbranched alkanes of at least 4 members (excludes halogenated alkanes) is 6. The van der Waals surface area contributed by atoms with Crippen LogP contribution in [0.4, 0.5) is 0 Å². The van der Waals surface area contributed by atoms with Gasteiger partial charge in [0, 0.05) is 11.6 Å². The number of halogens is 1. The van der Waals surface area contributed by atoms with Gasteiger partial charge in [-0.15, -0.1) is 0 Å². The predicted molar refractivity (Wildman–Crippen MR) is 88.3 cm³/mol. The van der Waals surface area contributed by atoms with Crippen LogP contribution in [0.15, 0.2) is 24.3 Å². The molecule has 0 saturated carbocycles. The minimum Gasteiger partial charge on any atom is -0.396 e. The highest BCUT2D eigenvalue weighted by atomic mass is 35.5. The lowest BCUT2D eigenvalue weighted by molar-refractivity contribution is 0.214. The summed E-state index contributed by atoms with van der Waals surface area (Å²) in [7, 11) is 0. The molecule has 0 aromatic heterocycles. The predicted octanol–water partition coefficient (Wildman–Crippen LogP) is 5.63. The topological polar surface area (TPSA) is 20.2 Å². The summed E-state index contributed by atoms with van der Waals surface area (Å²) in [6.07, 6.45) is 11.4. The summed E-state index contributed by atoms with van der Waals surface area (Å²) in [6.45, 7) is 2.54. The van der Waals surface area contributed by atoms with Crippen LogP contribution in [0.5, 0.6) is 0 Å². The first-order valence-electron chi connectivity index (χ1n) is 8.11. The summed E-state index contributed by atoms with van der Waals surface area (Å²) in [5, 5.41) is 10.3. The summed E-state index contributed by atoms with van der Waals surface area (Å²) < 4.78 is 0. The van der Waals surface area contributed by atoms with Crippen LogP contribution in [0, 0.1) is 5.92 Å². The molecule has 0 amide bonds. The molecule has 20 heavy (non-hydrogen) atoms. The Morgan fingerprint density at radius 1 is 0.950 bits per heavy atom. The first-order chi connectivity index (χ1) is 9.76. The Morgan fingerprint density at radius 3 is 2.15 bits per heavy atom. The van der Waals surface area contributed by atoms with Crippen molar-refractivity contribution >= 4 is 11.6 Å². The van der Waals surface area contributed by atoms with E-state index in [-0.39, 0.29) is 0 Å². The van der Waals surface area contributed by atoms with Gasteiger partial charge in [-0.25, -0.2) is 0 Å². The zero-order valence-corrected chi connectivity index (χ0v) is 13.5. The van der Waals surface area contributed by atoms with Gasteiger partial charge in [-0.05, 0) is 36.5 Å². The second-order valence-electron chi connectivity index (χ2n) is 5.79. The van der Waals surface area contributed by atoms with E-state index in [9.17, 15) is 5.11 Å². The van der Waals surface area contributed by atoms with Crippen molar-refractivity contribution in [2.24, 2.45) is 5.92 Å². The van der Waals surface area contributed by atoms with Crippen LogP contribution in [0.25, 0.3) is 0 Å². The second kappa shape index (κ2) is 11.2. The number of hydrogen-bond donors (Lipinski definition) is 1. The third-order valence-corrected chi connectivity index (χ3v) is 4.16. The van der Waals surface area contributed by atoms with Crippen LogP contribution in [0.2, 0.25) is 5.02 Å². The fourth-order valence-electron chi connectivity index (χ4n) is 2.60. The van der Waals surface area contributed by atoms with Gasteiger partial charge in [-0.1, -0.05) is 75.6 Å². The van der Waals surface area contributed by atoms with E-state index in [1.807, 2.05) is 12.1 Å². The van der Waals surface area contributed by atoms with Crippen molar-refractivity contribution in [3.8, 4) is 0 Å². The second-order valence-corrected chi connectivity index (χ2v) is 6.23. The highest BCUT2D eigenvalue weighted by Crippen LogP contribution is 2.18. The zero-order valence-electron chi connectivity index (χ0n) is 12.8. The average Bonchev–Trinajstić information content (AvgIpc) is 2.47. The molecule has 1 unspecified atom stereocenters. The van der Waals surface area contributed by atoms with Gasteiger partial charge < -0.3 is 5.11 Å². The molecule has 1 rings (SSSR count). The van der Waals surface area contributed by atoms with E-state index in [1.165, 1.54) is 50.5 Å². The number of benzene rings is 1. The first kappa shape index (κ1) is 17.5. The minimum absolute atomic E-state index is 0.290. The van der Waals surface area contributed by atoms with Gasteiger partial charge in [-0.3, -0.25) is 0 Å². The molecular weight excluding hydrogens is 268 g/mol. The maximum absolute atomic E-state index is 9.49. The van der Waals surface area contributed by atoms with Gasteiger partial charge >= 0.3 is 0 Å². The molecule has 0 radical (unpaired) electrons. The largest absolute Gasteiger partial charge is 0.396 e. The van der Waals surface area contributed by atoms with Crippen LogP contribution in [0.1, 0.15) is 63.9 Å². The summed E-state index contributed by atoms with van der Waals surface area (Å²) in [5.74, 6) is 0.395. The van der Waals surface area contributed by atoms with E-state index in [1.54, 1.807) is 0 Å². The minimum atomic E-state index is 0.290. The van der Waals surface area contributed by atoms with Crippen LogP contribution in [-0.2, 0) is 6.42 Å². The van der Waals surface area contributed by atoms with E-state index < -0.39 is 0 Å². The van der Waals surface area contributed by atoms with Gasteiger partial charge in [-0.2, -0.15) is 0 Å². The molecule has 1 atom stereocenters. The van der Waals surface area contributed by atoms with Crippen molar-refractivity contribution < 1.29 is 5.11 Å². The monoisotopic (exact) mass is 296 g/mol. The molecule has 2 heteroatoms. The molecule has 1 N–H and O–H groups in total. The van der Waals surface area contributed by atoms with Gasteiger partial charge in [0.25, 0.3) is 0 Å². The molecule has 1 nitrogen and oxygen atoms in total. The van der Waals surface area contributed by atoms with Crippen molar-refractivity contribution in [1.82, 2.24) is 0 Å². The molecule has 0 aliphatic carbocycles. The van der Waals surface area contributed by atoms with Gasteiger partial charge in [0.2, 0.25) is 0 Å².